The van der Waals surface area contributed by atoms with Gasteiger partial charge in [-0.05, 0) is 35.4 Å². The molecule has 0 saturated heterocycles. The number of hydrogen-bond donors (Lipinski definition) is 1. The maximum atomic E-state index is 9.09. The average molecular weight is 292 g/mol. The van der Waals surface area contributed by atoms with Crippen LogP contribution in [0, 0.1) is 0 Å². The van der Waals surface area contributed by atoms with Crippen LogP contribution in [-0.4, -0.2) is 19.3 Å². The summed E-state index contributed by atoms with van der Waals surface area (Å²) in [6.45, 7) is 0.754. The fourth-order valence-corrected chi connectivity index (χ4v) is 2.40. The van der Waals surface area contributed by atoms with E-state index in [4.69, 9.17) is 21.4 Å². The molecule has 0 aromatic heterocycles. The lowest BCUT2D eigenvalue weighted by atomic mass is 10.1. The van der Waals surface area contributed by atoms with Crippen LogP contribution in [0.3, 0.4) is 0 Å². The van der Waals surface area contributed by atoms with Crippen LogP contribution in [-0.2, 0) is 13.2 Å². The molecule has 0 atom stereocenters. The van der Waals surface area contributed by atoms with Crippen molar-refractivity contribution >= 4 is 17.3 Å². The van der Waals surface area contributed by atoms with Crippen molar-refractivity contribution in [2.24, 2.45) is 0 Å². The fraction of sp³-hybridized carbons (Fsp3) is 0.250. The molecule has 0 heterocycles. The first-order chi connectivity index (χ1) is 9.63. The molecule has 0 aliphatic heterocycles. The van der Waals surface area contributed by atoms with E-state index in [-0.39, 0.29) is 6.61 Å². The molecule has 2 aromatic carbocycles. The van der Waals surface area contributed by atoms with Gasteiger partial charge in [0, 0.05) is 13.6 Å². The highest BCUT2D eigenvalue weighted by Crippen LogP contribution is 2.27. The zero-order valence-corrected chi connectivity index (χ0v) is 12.4. The molecule has 0 aliphatic carbocycles. The van der Waals surface area contributed by atoms with Crippen molar-refractivity contribution in [1.29, 1.82) is 0 Å². The number of halogens is 1. The van der Waals surface area contributed by atoms with Crippen LogP contribution < -0.4 is 9.64 Å². The Morgan fingerprint density at radius 2 is 1.75 bits per heavy atom. The molecule has 4 heteroatoms. The Morgan fingerprint density at radius 1 is 1.10 bits per heavy atom. The van der Waals surface area contributed by atoms with E-state index in [0.29, 0.717) is 5.02 Å². The SMILES string of the molecule is COc1ccc(CN(C)c2ccc(CO)cc2Cl)cc1. The van der Waals surface area contributed by atoms with Crippen LogP contribution in [0.15, 0.2) is 42.5 Å². The number of aliphatic hydroxyl groups excluding tert-OH is 1. The largest absolute Gasteiger partial charge is 0.497 e. The van der Waals surface area contributed by atoms with Crippen LogP contribution >= 0.6 is 11.6 Å². The standard InChI is InChI=1S/C16H18ClNO2/c1-18(10-12-3-6-14(20-2)7-4-12)16-8-5-13(11-19)9-15(16)17/h3-9,19H,10-11H2,1-2H3. The Labute approximate surface area is 124 Å². The highest BCUT2D eigenvalue weighted by molar-refractivity contribution is 6.33. The van der Waals surface area contributed by atoms with Crippen molar-refractivity contribution in [3.8, 4) is 5.75 Å². The van der Waals surface area contributed by atoms with Crippen molar-refractivity contribution in [1.82, 2.24) is 0 Å². The number of rotatable bonds is 5. The summed E-state index contributed by atoms with van der Waals surface area (Å²) in [5.41, 5.74) is 2.94. The van der Waals surface area contributed by atoms with E-state index in [1.165, 1.54) is 5.56 Å². The van der Waals surface area contributed by atoms with E-state index in [9.17, 15) is 0 Å². The number of hydrogen-bond acceptors (Lipinski definition) is 3. The summed E-state index contributed by atoms with van der Waals surface area (Å²) in [5.74, 6) is 0.849. The van der Waals surface area contributed by atoms with Crippen LogP contribution in [0.25, 0.3) is 0 Å². The second-order valence-corrected chi connectivity index (χ2v) is 5.06. The molecule has 0 amide bonds. The first-order valence-corrected chi connectivity index (χ1v) is 6.75. The molecule has 0 spiro atoms. The minimum Gasteiger partial charge on any atom is -0.497 e. The Kier molecular flexibility index (Phi) is 4.88. The lowest BCUT2D eigenvalue weighted by Crippen LogP contribution is -2.16. The van der Waals surface area contributed by atoms with E-state index in [1.807, 2.05) is 43.4 Å². The van der Waals surface area contributed by atoms with E-state index in [1.54, 1.807) is 13.2 Å². The Hall–Kier alpha value is -1.71. The third kappa shape index (κ3) is 3.44. The molecule has 0 bridgehead atoms. The topological polar surface area (TPSA) is 32.7 Å². The van der Waals surface area contributed by atoms with Gasteiger partial charge in [-0.15, -0.1) is 0 Å². The van der Waals surface area contributed by atoms with Crippen molar-refractivity contribution in [2.75, 3.05) is 19.1 Å². The quantitative estimate of drug-likeness (QED) is 0.915. The minimum absolute atomic E-state index is 0.00218. The molecule has 3 nitrogen and oxygen atoms in total. The van der Waals surface area contributed by atoms with Crippen molar-refractivity contribution in [3.05, 3.63) is 58.6 Å². The lowest BCUT2D eigenvalue weighted by molar-refractivity contribution is 0.282. The molecule has 0 fully saturated rings. The fourth-order valence-electron chi connectivity index (χ4n) is 2.05. The predicted octanol–water partition coefficient (Wildman–Crippen LogP) is 3.48. The summed E-state index contributed by atoms with van der Waals surface area (Å²) in [4.78, 5) is 2.07. The van der Waals surface area contributed by atoms with Gasteiger partial charge in [0.2, 0.25) is 0 Å². The van der Waals surface area contributed by atoms with Gasteiger partial charge < -0.3 is 14.7 Å². The zero-order valence-electron chi connectivity index (χ0n) is 11.6. The van der Waals surface area contributed by atoms with Crippen LogP contribution in [0.1, 0.15) is 11.1 Å². The molecule has 20 heavy (non-hydrogen) atoms. The van der Waals surface area contributed by atoms with E-state index in [2.05, 4.69) is 4.90 Å². The van der Waals surface area contributed by atoms with Gasteiger partial charge in [-0.1, -0.05) is 29.8 Å². The molecule has 1 N–H and O–H groups in total. The summed E-state index contributed by atoms with van der Waals surface area (Å²) in [7, 11) is 3.65. The highest BCUT2D eigenvalue weighted by Gasteiger charge is 2.07. The molecule has 2 rings (SSSR count). The third-order valence-electron chi connectivity index (χ3n) is 3.18. The number of ether oxygens (including phenoxy) is 1. The van der Waals surface area contributed by atoms with Crippen LogP contribution in [0.2, 0.25) is 5.02 Å². The second kappa shape index (κ2) is 6.64. The summed E-state index contributed by atoms with van der Waals surface area (Å²) in [5, 5.41) is 9.74. The molecule has 2 aromatic rings. The van der Waals surface area contributed by atoms with Gasteiger partial charge in [-0.25, -0.2) is 0 Å². The first-order valence-electron chi connectivity index (χ1n) is 6.37. The van der Waals surface area contributed by atoms with Crippen molar-refractivity contribution in [3.63, 3.8) is 0 Å². The van der Waals surface area contributed by atoms with Crippen molar-refractivity contribution in [2.45, 2.75) is 13.2 Å². The lowest BCUT2D eigenvalue weighted by Gasteiger charge is -2.21. The molecular weight excluding hydrogens is 274 g/mol. The average Bonchev–Trinajstić information content (AvgIpc) is 2.47. The van der Waals surface area contributed by atoms with Gasteiger partial charge in [0.1, 0.15) is 5.75 Å². The maximum Gasteiger partial charge on any atom is 0.118 e. The van der Waals surface area contributed by atoms with Gasteiger partial charge in [0.05, 0.1) is 24.4 Å². The maximum absolute atomic E-state index is 9.09. The number of nitrogens with zero attached hydrogens (tertiary/aromatic N) is 1. The van der Waals surface area contributed by atoms with Gasteiger partial charge in [0.25, 0.3) is 0 Å². The Balaban J connectivity index is 2.12. The molecule has 0 radical (unpaired) electrons. The minimum atomic E-state index is 0.00218. The summed E-state index contributed by atoms with van der Waals surface area (Å²) in [6, 6.07) is 13.6. The number of benzene rings is 2. The van der Waals surface area contributed by atoms with Gasteiger partial charge in [0.15, 0.2) is 0 Å². The molecular formula is C16H18ClNO2. The monoisotopic (exact) mass is 291 g/mol. The normalized spacial score (nSPS) is 10.4. The Bertz CT molecular complexity index is 569. The summed E-state index contributed by atoms with van der Waals surface area (Å²) >= 11 is 6.24. The van der Waals surface area contributed by atoms with Crippen LogP contribution in [0.5, 0.6) is 5.75 Å². The molecule has 106 valence electrons. The Morgan fingerprint density at radius 3 is 2.30 bits per heavy atom. The van der Waals surface area contributed by atoms with Crippen LogP contribution in [0.4, 0.5) is 5.69 Å². The first kappa shape index (κ1) is 14.7. The van der Waals surface area contributed by atoms with Gasteiger partial charge >= 0.3 is 0 Å². The summed E-state index contributed by atoms with van der Waals surface area (Å²) in [6.07, 6.45) is 0. The van der Waals surface area contributed by atoms with Gasteiger partial charge in [-0.2, -0.15) is 0 Å². The van der Waals surface area contributed by atoms with E-state index in [0.717, 1.165) is 23.5 Å². The van der Waals surface area contributed by atoms with Crippen molar-refractivity contribution < 1.29 is 9.84 Å². The molecule has 0 saturated carbocycles. The number of aliphatic hydroxyl groups is 1. The second-order valence-electron chi connectivity index (χ2n) is 4.65. The summed E-state index contributed by atoms with van der Waals surface area (Å²) < 4.78 is 5.15. The number of anilines is 1. The van der Waals surface area contributed by atoms with E-state index < -0.39 is 0 Å². The van der Waals surface area contributed by atoms with Gasteiger partial charge in [-0.3, -0.25) is 0 Å². The predicted molar refractivity (Wildman–Crippen MR) is 82.5 cm³/mol. The number of methoxy groups -OCH3 is 1. The smallest absolute Gasteiger partial charge is 0.118 e. The third-order valence-corrected chi connectivity index (χ3v) is 3.49. The highest BCUT2D eigenvalue weighted by atomic mass is 35.5. The van der Waals surface area contributed by atoms with E-state index >= 15 is 0 Å². The zero-order chi connectivity index (χ0) is 14.5. The molecule has 0 unspecified atom stereocenters. The molecule has 0 aliphatic rings.